The van der Waals surface area contributed by atoms with Gasteiger partial charge in [0.05, 0.1) is 35.4 Å². The number of para-hydroxylation sites is 2. The number of benzene rings is 6. The molecule has 84 heavy (non-hydrogen) atoms. The van der Waals surface area contributed by atoms with E-state index in [1.54, 1.807) is 36.4 Å². The van der Waals surface area contributed by atoms with Gasteiger partial charge in [-0.05, 0) is 59.1 Å². The first kappa shape index (κ1) is 64.0. The average molecular weight is 1220 g/mol. The first-order valence-electron chi connectivity index (χ1n) is 26.7. The Hall–Kier alpha value is -7.57. The number of aliphatic carboxylic acids is 1. The lowest BCUT2D eigenvalue weighted by molar-refractivity contribution is -0.404. The number of anilines is 2. The summed E-state index contributed by atoms with van der Waals surface area (Å²) in [6, 6.07) is 27.8. The number of thioether (sulfide) groups is 1. The van der Waals surface area contributed by atoms with E-state index in [-0.39, 0.29) is 71.1 Å². The number of sulfonamides is 2. The number of carboxylic acid groups (broad SMARTS) is 1. The van der Waals surface area contributed by atoms with Crippen molar-refractivity contribution in [3.8, 4) is 22.5 Å². The maximum Gasteiger partial charge on any atom is 0.407 e. The summed E-state index contributed by atoms with van der Waals surface area (Å²) in [7, 11) is -11.8. The number of nitrogens with one attached hydrogen (secondary N) is 3. The van der Waals surface area contributed by atoms with Crippen molar-refractivity contribution in [3.63, 3.8) is 0 Å². The molecular weight excluding hydrogens is 1150 g/mol. The predicted octanol–water partition coefficient (Wildman–Crippen LogP) is 12.2. The number of fused-ring (bicyclic) bond motifs is 2. The lowest BCUT2D eigenvalue weighted by Gasteiger charge is -2.25. The van der Waals surface area contributed by atoms with Crippen LogP contribution in [0.3, 0.4) is 0 Å². The maximum absolute atomic E-state index is 16.1. The first-order chi connectivity index (χ1) is 39.7. The highest BCUT2D eigenvalue weighted by molar-refractivity contribution is 8.12. The third-order valence-corrected chi connectivity index (χ3v) is 17.9. The van der Waals surface area contributed by atoms with Crippen molar-refractivity contribution in [1.82, 2.24) is 5.32 Å². The standard InChI is InChI=1S/C61H63F4N4O12S3/c1-10-51(72)79-28-26-66-61(73)80-31-39(78-27-25-50(70)71)32-82-59-53(62)55(64)60(56(65)54(59)63)84(76,77)69-83(74,75)49-20-12-11-15-46(49)52-44-23-21-37(67-57-40(33(2)3)16-13-17-41(57)34(4)5)29-47(44)81-48-30-38(22-24-45(48)52)68-58-42(35(6)7)18-14-19-43(58)36(8)9/h10-24,29-30,33-36,39H,1,25-28,31-32H2,2-9H3,(H,66,73)(H,67,68)(H,70,71)/q-1/p+1. The predicted molar refractivity (Wildman–Crippen MR) is 312 cm³/mol. The van der Waals surface area contributed by atoms with Crippen LogP contribution in [0.2, 0.25) is 0 Å². The van der Waals surface area contributed by atoms with Gasteiger partial charge in [-0.25, -0.2) is 49.0 Å². The summed E-state index contributed by atoms with van der Waals surface area (Å²) < 4.78 is 146. The zero-order valence-corrected chi connectivity index (χ0v) is 49.7. The zero-order chi connectivity index (χ0) is 61.4. The Labute approximate surface area is 489 Å². The first-order valence-corrected chi connectivity index (χ1v) is 30.6. The lowest BCUT2D eigenvalue weighted by atomic mass is 9.92. The molecule has 1 aliphatic carbocycles. The molecule has 0 aromatic heterocycles. The van der Waals surface area contributed by atoms with Crippen molar-refractivity contribution >= 4 is 77.9 Å². The Morgan fingerprint density at radius 2 is 1.33 bits per heavy atom. The van der Waals surface area contributed by atoms with E-state index >= 15 is 17.6 Å². The third-order valence-electron chi connectivity index (χ3n) is 13.3. The number of hydrogen-bond acceptors (Lipinski definition) is 13. The molecule has 0 saturated carbocycles. The van der Waals surface area contributed by atoms with Crippen molar-refractivity contribution in [2.24, 2.45) is 0 Å². The average Bonchev–Trinajstić information content (AvgIpc) is 2.39. The van der Waals surface area contributed by atoms with Gasteiger partial charge in [-0.3, -0.25) is 4.79 Å². The van der Waals surface area contributed by atoms with Crippen LogP contribution in [0.5, 0.6) is 0 Å². The minimum absolute atomic E-state index is 0.0466. The summed E-state index contributed by atoms with van der Waals surface area (Å²) in [6.07, 6.45) is -2.16. The Bertz CT molecular complexity index is 3830. The number of hydrogen-bond donors (Lipinski definition) is 4. The molecular formula is C61H64F4N4O12S3. The normalized spacial score (nSPS) is 12.6. The van der Waals surface area contributed by atoms with E-state index in [9.17, 15) is 31.2 Å². The molecule has 5 aromatic rings. The maximum atomic E-state index is 16.1. The van der Waals surface area contributed by atoms with E-state index in [4.69, 9.17) is 23.7 Å². The molecule has 0 spiro atoms. The molecule has 1 aliphatic heterocycles. The van der Waals surface area contributed by atoms with E-state index < -0.39 is 108 Å². The molecule has 1 atom stereocenters. The lowest BCUT2D eigenvalue weighted by Crippen LogP contribution is -2.71. The molecule has 0 bridgehead atoms. The van der Waals surface area contributed by atoms with Crippen LogP contribution in [-0.4, -0.2) is 78.2 Å². The monoisotopic (exact) mass is 1220 g/mol. The van der Waals surface area contributed by atoms with E-state index in [2.05, 4.69) is 81.7 Å². The molecule has 0 radical (unpaired) electrons. The van der Waals surface area contributed by atoms with Crippen molar-refractivity contribution in [1.29, 1.82) is 0 Å². The highest BCUT2D eigenvalue weighted by Gasteiger charge is 2.33. The van der Waals surface area contributed by atoms with Gasteiger partial charge < -0.3 is 38.5 Å². The second-order valence-electron chi connectivity index (χ2n) is 20.7. The van der Waals surface area contributed by atoms with Crippen LogP contribution >= 0.6 is 11.8 Å². The molecule has 0 saturated heterocycles. The molecule has 446 valence electrons. The van der Waals surface area contributed by atoms with Crippen molar-refractivity contribution in [2.45, 2.75) is 106 Å². The van der Waals surface area contributed by atoms with Crippen LogP contribution in [0.1, 0.15) is 108 Å². The van der Waals surface area contributed by atoms with Crippen LogP contribution in [0.15, 0.2) is 129 Å². The van der Waals surface area contributed by atoms with Gasteiger partial charge in [-0.15, -0.1) is 11.8 Å². The molecule has 0 fully saturated rings. The summed E-state index contributed by atoms with van der Waals surface area (Å²) in [6.45, 7) is 18.2. The number of amides is 1. The SMILES string of the molecule is C=CC(=O)OCCNC(=O)OCC(CSc1c(F)c(F)c(S(=O)(=O)[N-]S(=O)(=O)c2ccccc2-c2c3ccc(=[NH+]c4c(C(C)C)cccc4C(C)C)cc-3oc3cc(Nc4c(C(C)C)cccc4C(C)C)ccc23)c(F)c1F)OCCC(=O)O. The van der Waals surface area contributed by atoms with Gasteiger partial charge in [-0.1, -0.05) is 117 Å². The topological polar surface area (TPSA) is 233 Å². The molecule has 2 aliphatic rings. The molecule has 1 unspecified atom stereocenters. The van der Waals surface area contributed by atoms with Gasteiger partial charge in [0.2, 0.25) is 11.0 Å². The number of esters is 1. The number of alkyl carbamates (subject to hydrolysis) is 1. The fraction of sp³-hybridized carbons (Fsp3) is 0.311. The van der Waals surface area contributed by atoms with Crippen LogP contribution in [0.25, 0.3) is 37.5 Å². The van der Waals surface area contributed by atoms with Crippen molar-refractivity contribution < 1.29 is 77.5 Å². The van der Waals surface area contributed by atoms with Gasteiger partial charge in [0.25, 0.3) is 0 Å². The molecule has 4 N–H and O–H groups in total. The molecule has 16 nitrogen and oxygen atoms in total. The molecule has 23 heteroatoms. The van der Waals surface area contributed by atoms with Crippen molar-refractivity contribution in [3.05, 3.63) is 165 Å². The largest absolute Gasteiger partial charge is 0.481 e. The Morgan fingerprint density at radius 1 is 0.726 bits per heavy atom. The number of ether oxygens (including phenoxy) is 3. The fourth-order valence-electron chi connectivity index (χ4n) is 9.28. The number of nitrogens with zero attached hydrogens (tertiary/aromatic N) is 1. The molecule has 5 aromatic carbocycles. The van der Waals surface area contributed by atoms with Gasteiger partial charge >= 0.3 is 18.0 Å². The highest BCUT2D eigenvalue weighted by Crippen LogP contribution is 2.46. The fourth-order valence-corrected chi connectivity index (χ4v) is 13.2. The van der Waals surface area contributed by atoms with Gasteiger partial charge in [0, 0.05) is 68.5 Å². The molecule has 1 heterocycles. The molecule has 7 rings (SSSR count). The molecule has 1 amide bonds. The van der Waals surface area contributed by atoms with Crippen LogP contribution in [-0.2, 0) is 43.8 Å². The number of carbonyl (C=O) groups is 3. The van der Waals surface area contributed by atoms with E-state index in [0.717, 1.165) is 45.8 Å². The number of rotatable bonds is 25. The minimum atomic E-state index is -6.18. The summed E-state index contributed by atoms with van der Waals surface area (Å²) in [4.78, 5) is 33.8. The van der Waals surface area contributed by atoms with Gasteiger partial charge in [-0.2, -0.15) is 0 Å². The second-order valence-corrected chi connectivity index (χ2v) is 25.0. The zero-order valence-electron chi connectivity index (χ0n) is 47.3. The number of carbonyl (C=O) groups excluding carboxylic acids is 2. The van der Waals surface area contributed by atoms with Crippen molar-refractivity contribution in [2.75, 3.05) is 37.4 Å². The third kappa shape index (κ3) is 14.8. The van der Waals surface area contributed by atoms with Crippen LogP contribution in [0, 0.1) is 23.3 Å². The van der Waals surface area contributed by atoms with E-state index in [1.807, 2.05) is 36.4 Å². The summed E-state index contributed by atoms with van der Waals surface area (Å²) in [5.74, 6) is -11.4. The summed E-state index contributed by atoms with van der Waals surface area (Å²) in [5.41, 5.74) is 7.41. The Balaban J connectivity index is 1.29. The highest BCUT2D eigenvalue weighted by atomic mass is 32.3. The summed E-state index contributed by atoms with van der Waals surface area (Å²) in [5, 5.41) is 15.9. The quantitative estimate of drug-likeness (QED) is 0.00793. The smallest absolute Gasteiger partial charge is 0.407 e. The Morgan fingerprint density at radius 3 is 1.93 bits per heavy atom. The number of carboxylic acids is 1. The van der Waals surface area contributed by atoms with Crippen LogP contribution in [0.4, 0.5) is 39.4 Å². The number of halogens is 4. The van der Waals surface area contributed by atoms with Gasteiger partial charge in [0.15, 0.2) is 23.3 Å². The summed E-state index contributed by atoms with van der Waals surface area (Å²) >= 11 is 0.0466. The van der Waals surface area contributed by atoms with Crippen LogP contribution < -0.4 is 21.0 Å². The van der Waals surface area contributed by atoms with E-state index in [1.165, 1.54) is 18.2 Å². The van der Waals surface area contributed by atoms with Gasteiger partial charge in [0.1, 0.15) is 55.6 Å². The Kier molecular flexibility index (Phi) is 20.9. The minimum Gasteiger partial charge on any atom is -0.481 e. The second kappa shape index (κ2) is 27.4. The van der Waals surface area contributed by atoms with E-state index in [0.29, 0.717) is 22.0 Å².